The van der Waals surface area contributed by atoms with Gasteiger partial charge >= 0.3 is 0 Å². The fourth-order valence-corrected chi connectivity index (χ4v) is 3.63. The maximum absolute atomic E-state index is 13.4. The average Bonchev–Trinajstić information content (AvgIpc) is 2.71. The maximum atomic E-state index is 13.4. The van der Waals surface area contributed by atoms with Crippen molar-refractivity contribution < 1.29 is 23.5 Å². The normalized spacial score (nSPS) is 15.7. The summed E-state index contributed by atoms with van der Waals surface area (Å²) in [6, 6.07) is 4.98. The predicted octanol–water partition coefficient (Wildman–Crippen LogP) is 1.97. The van der Waals surface area contributed by atoms with Crippen LogP contribution in [0.1, 0.15) is 43.5 Å². The number of halogens is 1. The van der Waals surface area contributed by atoms with Crippen LogP contribution in [0.5, 0.6) is 0 Å². The van der Waals surface area contributed by atoms with Gasteiger partial charge in [-0.15, -0.1) is 0 Å². The van der Waals surface area contributed by atoms with Crippen LogP contribution in [-0.4, -0.2) is 62.0 Å². The Balaban J connectivity index is 2.00. The fourth-order valence-electron chi connectivity index (χ4n) is 3.63. The molecule has 0 saturated carbocycles. The van der Waals surface area contributed by atoms with Gasteiger partial charge in [-0.2, -0.15) is 0 Å². The first-order chi connectivity index (χ1) is 14.3. The Hall–Kier alpha value is -2.48. The molecule has 1 atom stereocenters. The number of piperidine rings is 1. The van der Waals surface area contributed by atoms with E-state index in [1.807, 2.05) is 13.8 Å². The van der Waals surface area contributed by atoms with Crippen LogP contribution < -0.4 is 10.6 Å². The predicted molar refractivity (Wildman–Crippen MR) is 111 cm³/mol. The van der Waals surface area contributed by atoms with E-state index in [0.29, 0.717) is 51.1 Å². The summed E-state index contributed by atoms with van der Waals surface area (Å²) >= 11 is 0. The second kappa shape index (κ2) is 11.6. The molecule has 8 heteroatoms. The minimum Gasteiger partial charge on any atom is -0.383 e. The highest BCUT2D eigenvalue weighted by atomic mass is 19.1. The minimum absolute atomic E-state index is 0.0831. The Kier molecular flexibility index (Phi) is 9.23. The molecule has 2 N–H and O–H groups in total. The van der Waals surface area contributed by atoms with Gasteiger partial charge in [-0.05, 0) is 42.9 Å². The summed E-state index contributed by atoms with van der Waals surface area (Å²) in [5.41, 5.74) is 0.313. The quantitative estimate of drug-likeness (QED) is 0.597. The molecule has 1 aliphatic heterocycles. The minimum atomic E-state index is -0.653. The second-order valence-electron chi connectivity index (χ2n) is 8.07. The summed E-state index contributed by atoms with van der Waals surface area (Å²) in [6.45, 7) is 5.54. The molecule has 1 heterocycles. The molecule has 1 unspecified atom stereocenters. The third-order valence-electron chi connectivity index (χ3n) is 5.17. The highest BCUT2D eigenvalue weighted by molar-refractivity contribution is 5.94. The topological polar surface area (TPSA) is 87.7 Å². The second-order valence-corrected chi connectivity index (χ2v) is 8.07. The summed E-state index contributed by atoms with van der Waals surface area (Å²) in [6.07, 6.45) is 1.50. The molecule has 7 nitrogen and oxygen atoms in total. The molecule has 0 bridgehead atoms. The SMILES string of the molecule is COCCNC(=O)C(NC(=O)CC(C)C)C1CCN(C(=O)c2cccc(F)c2)CC1. The van der Waals surface area contributed by atoms with E-state index in [0.717, 1.165) is 0 Å². The summed E-state index contributed by atoms with van der Waals surface area (Å²) in [4.78, 5) is 39.3. The van der Waals surface area contributed by atoms with Crippen molar-refractivity contribution in [2.24, 2.45) is 11.8 Å². The van der Waals surface area contributed by atoms with Crippen LogP contribution in [0, 0.1) is 17.7 Å². The molecule has 1 aromatic rings. The van der Waals surface area contributed by atoms with Crippen LogP contribution in [0.25, 0.3) is 0 Å². The molecule has 0 aliphatic carbocycles. The van der Waals surface area contributed by atoms with E-state index in [-0.39, 0.29) is 29.6 Å². The zero-order valence-electron chi connectivity index (χ0n) is 17.9. The van der Waals surface area contributed by atoms with Crippen molar-refractivity contribution in [3.8, 4) is 0 Å². The van der Waals surface area contributed by atoms with E-state index in [2.05, 4.69) is 10.6 Å². The Labute approximate surface area is 177 Å². The number of hydrogen-bond donors (Lipinski definition) is 2. The first-order valence-corrected chi connectivity index (χ1v) is 10.4. The number of rotatable bonds is 9. The number of methoxy groups -OCH3 is 1. The van der Waals surface area contributed by atoms with Crippen LogP contribution in [0.4, 0.5) is 4.39 Å². The number of benzene rings is 1. The molecule has 1 fully saturated rings. The molecule has 0 aromatic heterocycles. The van der Waals surface area contributed by atoms with Crippen molar-refractivity contribution >= 4 is 17.7 Å². The highest BCUT2D eigenvalue weighted by Crippen LogP contribution is 2.23. The number of carbonyl (C=O) groups is 3. The van der Waals surface area contributed by atoms with E-state index in [1.165, 1.54) is 18.2 Å². The van der Waals surface area contributed by atoms with Gasteiger partial charge in [0.1, 0.15) is 11.9 Å². The van der Waals surface area contributed by atoms with Crippen molar-refractivity contribution in [2.75, 3.05) is 33.4 Å². The number of likely N-dealkylation sites (tertiary alicyclic amines) is 1. The van der Waals surface area contributed by atoms with E-state index in [1.54, 1.807) is 18.1 Å². The Morgan fingerprint density at radius 2 is 1.93 bits per heavy atom. The number of hydrogen-bond acceptors (Lipinski definition) is 4. The summed E-state index contributed by atoms with van der Waals surface area (Å²) < 4.78 is 18.4. The van der Waals surface area contributed by atoms with Gasteiger partial charge < -0.3 is 20.3 Å². The molecule has 0 spiro atoms. The molecule has 166 valence electrons. The number of nitrogens with one attached hydrogen (secondary N) is 2. The van der Waals surface area contributed by atoms with Crippen LogP contribution in [0.15, 0.2) is 24.3 Å². The first-order valence-electron chi connectivity index (χ1n) is 10.4. The van der Waals surface area contributed by atoms with Gasteiger partial charge in [0.2, 0.25) is 11.8 Å². The lowest BCUT2D eigenvalue weighted by molar-refractivity contribution is -0.131. The molecule has 1 saturated heterocycles. The van der Waals surface area contributed by atoms with E-state index < -0.39 is 11.9 Å². The molecule has 1 aromatic carbocycles. The van der Waals surface area contributed by atoms with Gasteiger partial charge in [-0.1, -0.05) is 19.9 Å². The number of nitrogens with zero attached hydrogens (tertiary/aromatic N) is 1. The standard InChI is InChI=1S/C22H32FN3O4/c1-15(2)13-19(27)25-20(21(28)24-9-12-30-3)16-7-10-26(11-8-16)22(29)17-5-4-6-18(23)14-17/h4-6,14-16,20H,7-13H2,1-3H3,(H,24,28)(H,25,27). The van der Waals surface area contributed by atoms with Gasteiger partial charge in [-0.3, -0.25) is 14.4 Å². The molecular formula is C22H32FN3O4. The van der Waals surface area contributed by atoms with E-state index in [9.17, 15) is 18.8 Å². The molecular weight excluding hydrogens is 389 g/mol. The van der Waals surface area contributed by atoms with Gasteiger partial charge in [-0.25, -0.2) is 4.39 Å². The summed E-state index contributed by atoms with van der Waals surface area (Å²) in [5, 5.41) is 5.69. The summed E-state index contributed by atoms with van der Waals surface area (Å²) in [5.74, 6) is -0.961. The zero-order valence-corrected chi connectivity index (χ0v) is 17.9. The van der Waals surface area contributed by atoms with Crippen molar-refractivity contribution in [3.63, 3.8) is 0 Å². The molecule has 2 rings (SSSR count). The molecule has 30 heavy (non-hydrogen) atoms. The number of amides is 3. The van der Waals surface area contributed by atoms with Crippen molar-refractivity contribution in [1.82, 2.24) is 15.5 Å². The number of ether oxygens (including phenoxy) is 1. The molecule has 3 amide bonds. The van der Waals surface area contributed by atoms with Crippen LogP contribution in [0.3, 0.4) is 0 Å². The van der Waals surface area contributed by atoms with Crippen molar-refractivity contribution in [3.05, 3.63) is 35.6 Å². The number of carbonyl (C=O) groups excluding carboxylic acids is 3. The van der Waals surface area contributed by atoms with Crippen LogP contribution >= 0.6 is 0 Å². The Morgan fingerprint density at radius 1 is 1.23 bits per heavy atom. The fraction of sp³-hybridized carbons (Fsp3) is 0.591. The highest BCUT2D eigenvalue weighted by Gasteiger charge is 2.34. The molecule has 0 radical (unpaired) electrons. The molecule has 1 aliphatic rings. The maximum Gasteiger partial charge on any atom is 0.253 e. The lowest BCUT2D eigenvalue weighted by atomic mass is 9.88. The van der Waals surface area contributed by atoms with Crippen molar-refractivity contribution in [1.29, 1.82) is 0 Å². The Morgan fingerprint density at radius 3 is 2.53 bits per heavy atom. The van der Waals surface area contributed by atoms with Crippen LogP contribution in [0.2, 0.25) is 0 Å². The van der Waals surface area contributed by atoms with E-state index in [4.69, 9.17) is 4.74 Å². The monoisotopic (exact) mass is 421 g/mol. The van der Waals surface area contributed by atoms with E-state index >= 15 is 0 Å². The first kappa shape index (κ1) is 23.8. The zero-order chi connectivity index (χ0) is 22.1. The third-order valence-corrected chi connectivity index (χ3v) is 5.17. The van der Waals surface area contributed by atoms with Gasteiger partial charge in [0.15, 0.2) is 0 Å². The lowest BCUT2D eigenvalue weighted by Gasteiger charge is -2.36. The van der Waals surface area contributed by atoms with Gasteiger partial charge in [0, 0.05) is 38.7 Å². The van der Waals surface area contributed by atoms with Crippen LogP contribution in [-0.2, 0) is 14.3 Å². The smallest absolute Gasteiger partial charge is 0.253 e. The van der Waals surface area contributed by atoms with Gasteiger partial charge in [0.25, 0.3) is 5.91 Å². The van der Waals surface area contributed by atoms with Gasteiger partial charge in [0.05, 0.1) is 6.61 Å². The largest absolute Gasteiger partial charge is 0.383 e. The third kappa shape index (κ3) is 7.09. The average molecular weight is 422 g/mol. The Bertz CT molecular complexity index is 733. The van der Waals surface area contributed by atoms with Crippen molar-refractivity contribution in [2.45, 2.75) is 39.2 Å². The summed E-state index contributed by atoms with van der Waals surface area (Å²) in [7, 11) is 1.55. The lowest BCUT2D eigenvalue weighted by Crippen LogP contribution is -2.54.